The standard InChI is InChI=1S/C15H14N8O/c24-15(16-9-22-13-7-3-1-5-11(13)18-20-22)17-10-23-14-8-4-2-6-12(14)19-21-23/h1-8H,9-10H2,(H2,16,17,24). The summed E-state index contributed by atoms with van der Waals surface area (Å²) < 4.78 is 3.25. The average Bonchev–Trinajstić information content (AvgIpc) is 3.22. The highest BCUT2D eigenvalue weighted by atomic mass is 16.2. The fraction of sp³-hybridized carbons (Fsp3) is 0.133. The van der Waals surface area contributed by atoms with E-state index in [4.69, 9.17) is 0 Å². The Kier molecular flexibility index (Phi) is 3.50. The second-order valence-electron chi connectivity index (χ2n) is 5.15. The SMILES string of the molecule is O=C(NCn1nnc2ccccc21)NCn1nnc2ccccc21. The van der Waals surface area contributed by atoms with Gasteiger partial charge in [0.1, 0.15) is 24.4 Å². The van der Waals surface area contributed by atoms with Crippen LogP contribution in [0.4, 0.5) is 4.79 Å². The molecule has 4 rings (SSSR count). The first-order chi connectivity index (χ1) is 11.8. The summed E-state index contributed by atoms with van der Waals surface area (Å²) in [4.78, 5) is 12.0. The number of fused-ring (bicyclic) bond motifs is 2. The van der Waals surface area contributed by atoms with Crippen LogP contribution in [0.25, 0.3) is 22.1 Å². The van der Waals surface area contributed by atoms with Crippen LogP contribution in [0.1, 0.15) is 0 Å². The Bertz CT molecular complexity index is 925. The highest BCUT2D eigenvalue weighted by molar-refractivity contribution is 5.76. The van der Waals surface area contributed by atoms with Gasteiger partial charge in [0, 0.05) is 0 Å². The Morgan fingerprint density at radius 1 is 0.792 bits per heavy atom. The van der Waals surface area contributed by atoms with E-state index >= 15 is 0 Å². The Morgan fingerprint density at radius 3 is 1.75 bits per heavy atom. The molecule has 24 heavy (non-hydrogen) atoms. The summed E-state index contributed by atoms with van der Waals surface area (Å²) in [5.41, 5.74) is 3.29. The van der Waals surface area contributed by atoms with Gasteiger partial charge >= 0.3 is 6.03 Å². The first kappa shape index (κ1) is 14.1. The third-order valence-corrected chi connectivity index (χ3v) is 3.62. The van der Waals surface area contributed by atoms with E-state index in [1.807, 2.05) is 48.5 Å². The van der Waals surface area contributed by atoms with E-state index in [0.29, 0.717) is 0 Å². The van der Waals surface area contributed by atoms with Gasteiger partial charge in [-0.25, -0.2) is 14.2 Å². The van der Waals surface area contributed by atoms with Crippen LogP contribution in [0.5, 0.6) is 0 Å². The molecule has 2 aromatic carbocycles. The van der Waals surface area contributed by atoms with Crippen LogP contribution in [0.2, 0.25) is 0 Å². The van der Waals surface area contributed by atoms with Crippen LogP contribution in [0.3, 0.4) is 0 Å². The lowest BCUT2D eigenvalue weighted by molar-refractivity contribution is 0.234. The molecule has 120 valence electrons. The smallest absolute Gasteiger partial charge is 0.317 e. The molecule has 0 spiro atoms. The number of nitrogens with one attached hydrogen (secondary N) is 2. The Hall–Kier alpha value is -3.49. The molecule has 0 radical (unpaired) electrons. The number of amides is 2. The van der Waals surface area contributed by atoms with Gasteiger partial charge in [-0.2, -0.15) is 0 Å². The number of hydrogen-bond acceptors (Lipinski definition) is 5. The molecule has 0 aliphatic rings. The molecule has 2 N–H and O–H groups in total. The van der Waals surface area contributed by atoms with Gasteiger partial charge in [0.15, 0.2) is 0 Å². The number of urea groups is 1. The second kappa shape index (κ2) is 5.95. The van der Waals surface area contributed by atoms with Gasteiger partial charge in [-0.3, -0.25) is 0 Å². The molecule has 0 aliphatic carbocycles. The molecule has 9 nitrogen and oxygen atoms in total. The number of nitrogens with zero attached hydrogens (tertiary/aromatic N) is 6. The van der Waals surface area contributed by atoms with Crippen molar-refractivity contribution >= 4 is 28.1 Å². The Balaban J connectivity index is 1.37. The van der Waals surface area contributed by atoms with Crippen LogP contribution < -0.4 is 10.6 Å². The van der Waals surface area contributed by atoms with E-state index in [9.17, 15) is 4.79 Å². The minimum atomic E-state index is -0.325. The van der Waals surface area contributed by atoms with E-state index in [2.05, 4.69) is 31.3 Å². The van der Waals surface area contributed by atoms with Crippen LogP contribution in [0.15, 0.2) is 48.5 Å². The third-order valence-electron chi connectivity index (χ3n) is 3.62. The summed E-state index contributed by atoms with van der Waals surface area (Å²) in [6, 6.07) is 14.8. The van der Waals surface area contributed by atoms with Gasteiger partial charge in [-0.05, 0) is 24.3 Å². The number of benzene rings is 2. The average molecular weight is 322 g/mol. The molecule has 2 amide bonds. The van der Waals surface area contributed by atoms with Crippen molar-refractivity contribution in [2.45, 2.75) is 13.3 Å². The minimum Gasteiger partial charge on any atom is -0.319 e. The lowest BCUT2D eigenvalue weighted by Gasteiger charge is -2.08. The van der Waals surface area contributed by atoms with Crippen molar-refractivity contribution in [3.8, 4) is 0 Å². The van der Waals surface area contributed by atoms with E-state index in [0.717, 1.165) is 22.1 Å². The zero-order chi connectivity index (χ0) is 16.4. The largest absolute Gasteiger partial charge is 0.319 e. The van der Waals surface area contributed by atoms with E-state index in [-0.39, 0.29) is 19.4 Å². The first-order valence-electron chi connectivity index (χ1n) is 7.39. The van der Waals surface area contributed by atoms with Crippen molar-refractivity contribution in [3.05, 3.63) is 48.5 Å². The molecule has 0 bridgehead atoms. The summed E-state index contributed by atoms with van der Waals surface area (Å²) in [5.74, 6) is 0. The minimum absolute atomic E-state index is 0.227. The van der Waals surface area contributed by atoms with Gasteiger partial charge in [0.05, 0.1) is 11.0 Å². The molecule has 0 saturated carbocycles. The first-order valence-corrected chi connectivity index (χ1v) is 7.39. The Morgan fingerprint density at radius 2 is 1.25 bits per heavy atom. The fourth-order valence-electron chi connectivity index (χ4n) is 2.42. The topological polar surface area (TPSA) is 103 Å². The number of rotatable bonds is 4. The van der Waals surface area contributed by atoms with Crippen molar-refractivity contribution < 1.29 is 4.79 Å². The number of carbonyl (C=O) groups excluding carboxylic acids is 1. The lowest BCUT2D eigenvalue weighted by atomic mass is 10.3. The van der Waals surface area contributed by atoms with Gasteiger partial charge in [-0.1, -0.05) is 34.7 Å². The van der Waals surface area contributed by atoms with Gasteiger partial charge in [-0.15, -0.1) is 10.2 Å². The molecule has 0 atom stereocenters. The summed E-state index contributed by atoms with van der Waals surface area (Å²) in [6.45, 7) is 0.453. The van der Waals surface area contributed by atoms with Gasteiger partial charge in [0.25, 0.3) is 0 Å². The fourth-order valence-corrected chi connectivity index (χ4v) is 2.42. The van der Waals surface area contributed by atoms with E-state index < -0.39 is 0 Å². The number of hydrogen-bond donors (Lipinski definition) is 2. The molecule has 0 fully saturated rings. The molecule has 4 aromatic rings. The summed E-state index contributed by atoms with van der Waals surface area (Å²) in [7, 11) is 0. The normalized spacial score (nSPS) is 11.0. The molecule has 2 heterocycles. The van der Waals surface area contributed by atoms with E-state index in [1.165, 1.54) is 0 Å². The predicted octanol–water partition coefficient (Wildman–Crippen LogP) is 1.09. The van der Waals surface area contributed by atoms with Crippen molar-refractivity contribution in [2.75, 3.05) is 0 Å². The maximum Gasteiger partial charge on any atom is 0.317 e. The van der Waals surface area contributed by atoms with Crippen LogP contribution in [-0.2, 0) is 13.3 Å². The van der Waals surface area contributed by atoms with Gasteiger partial charge in [0.2, 0.25) is 0 Å². The zero-order valence-electron chi connectivity index (χ0n) is 12.6. The maximum atomic E-state index is 12.0. The summed E-state index contributed by atoms with van der Waals surface area (Å²) in [6.07, 6.45) is 0. The monoisotopic (exact) mass is 322 g/mol. The summed E-state index contributed by atoms with van der Waals surface area (Å²) >= 11 is 0. The molecule has 0 unspecified atom stereocenters. The quantitative estimate of drug-likeness (QED) is 0.585. The lowest BCUT2D eigenvalue weighted by Crippen LogP contribution is -2.37. The molecular formula is C15H14N8O. The van der Waals surface area contributed by atoms with Crippen molar-refractivity contribution in [1.29, 1.82) is 0 Å². The molecule has 2 aromatic heterocycles. The highest BCUT2D eigenvalue weighted by Crippen LogP contribution is 2.09. The molecule has 9 heteroatoms. The zero-order valence-corrected chi connectivity index (χ0v) is 12.6. The molecule has 0 aliphatic heterocycles. The molecule has 0 saturated heterocycles. The van der Waals surface area contributed by atoms with Crippen molar-refractivity contribution in [2.24, 2.45) is 0 Å². The second-order valence-corrected chi connectivity index (χ2v) is 5.15. The van der Waals surface area contributed by atoms with Crippen molar-refractivity contribution in [1.82, 2.24) is 40.6 Å². The van der Waals surface area contributed by atoms with Crippen LogP contribution in [-0.4, -0.2) is 36.0 Å². The Labute approximate surface area is 136 Å². The van der Waals surface area contributed by atoms with Crippen LogP contribution >= 0.6 is 0 Å². The third kappa shape index (κ3) is 2.62. The maximum absolute atomic E-state index is 12.0. The molecular weight excluding hydrogens is 308 g/mol. The van der Waals surface area contributed by atoms with Crippen LogP contribution in [0, 0.1) is 0 Å². The van der Waals surface area contributed by atoms with Crippen molar-refractivity contribution in [3.63, 3.8) is 0 Å². The summed E-state index contributed by atoms with van der Waals surface area (Å²) in [5, 5.41) is 21.6. The predicted molar refractivity (Wildman–Crippen MR) is 86.7 cm³/mol. The van der Waals surface area contributed by atoms with Gasteiger partial charge < -0.3 is 10.6 Å². The number of para-hydroxylation sites is 2. The number of aromatic nitrogens is 6. The van der Waals surface area contributed by atoms with E-state index in [1.54, 1.807) is 9.36 Å². The number of carbonyl (C=O) groups is 1. The highest BCUT2D eigenvalue weighted by Gasteiger charge is 2.07.